The highest BCUT2D eigenvalue weighted by atomic mass is 15.1. The van der Waals surface area contributed by atoms with Crippen molar-refractivity contribution in [3.8, 4) is 0 Å². The summed E-state index contributed by atoms with van der Waals surface area (Å²) >= 11 is 0. The Bertz CT molecular complexity index is 243. The van der Waals surface area contributed by atoms with E-state index in [4.69, 9.17) is 0 Å². The minimum absolute atomic E-state index is 0.564. The van der Waals surface area contributed by atoms with Crippen molar-refractivity contribution < 1.29 is 0 Å². The van der Waals surface area contributed by atoms with Crippen LogP contribution in [0.25, 0.3) is 0 Å². The first-order chi connectivity index (χ1) is 8.55. The molecule has 1 N–H and O–H groups in total. The lowest BCUT2D eigenvalue weighted by Gasteiger charge is -2.36. The van der Waals surface area contributed by atoms with Gasteiger partial charge in [-0.15, -0.1) is 0 Å². The maximum Gasteiger partial charge on any atom is 0.00722 e. The van der Waals surface area contributed by atoms with E-state index in [9.17, 15) is 0 Å². The Morgan fingerprint density at radius 1 is 1.22 bits per heavy atom. The van der Waals surface area contributed by atoms with Gasteiger partial charge in [-0.1, -0.05) is 27.2 Å². The van der Waals surface area contributed by atoms with Crippen molar-refractivity contribution in [3.63, 3.8) is 0 Å². The van der Waals surface area contributed by atoms with Crippen molar-refractivity contribution in [2.75, 3.05) is 26.2 Å². The average molecular weight is 252 g/mol. The van der Waals surface area contributed by atoms with Crippen molar-refractivity contribution in [1.82, 2.24) is 10.2 Å². The van der Waals surface area contributed by atoms with Crippen LogP contribution < -0.4 is 5.32 Å². The third-order valence-corrected chi connectivity index (χ3v) is 4.73. The van der Waals surface area contributed by atoms with Crippen LogP contribution in [0.3, 0.4) is 0 Å². The predicted molar refractivity (Wildman–Crippen MR) is 78.9 cm³/mol. The maximum absolute atomic E-state index is 3.82. The largest absolute Gasteiger partial charge is 0.314 e. The maximum atomic E-state index is 3.82. The fourth-order valence-corrected chi connectivity index (χ4v) is 3.71. The van der Waals surface area contributed by atoms with Gasteiger partial charge in [-0.05, 0) is 63.1 Å². The molecule has 1 heterocycles. The zero-order valence-electron chi connectivity index (χ0n) is 12.7. The van der Waals surface area contributed by atoms with Crippen LogP contribution in [-0.2, 0) is 0 Å². The molecule has 2 rings (SSSR count). The molecule has 2 aliphatic rings. The number of nitrogens with zero attached hydrogens (tertiary/aromatic N) is 1. The molecule has 0 aromatic heterocycles. The summed E-state index contributed by atoms with van der Waals surface area (Å²) in [6, 6.07) is 0.773. The first-order valence-corrected chi connectivity index (χ1v) is 8.01. The fraction of sp³-hybridized carbons (Fsp3) is 1.00. The van der Waals surface area contributed by atoms with Gasteiger partial charge in [0.15, 0.2) is 0 Å². The Labute approximate surface area is 114 Å². The monoisotopic (exact) mass is 252 g/mol. The second-order valence-electron chi connectivity index (χ2n) is 7.48. The van der Waals surface area contributed by atoms with Gasteiger partial charge < -0.3 is 10.2 Å². The molecule has 2 fully saturated rings. The number of rotatable bonds is 5. The SMILES string of the molecule is CC(CNC1CCCC(C)(C)C1)CN1CCCC1. The van der Waals surface area contributed by atoms with Gasteiger partial charge >= 0.3 is 0 Å². The lowest BCUT2D eigenvalue weighted by atomic mass is 9.75. The molecule has 0 spiro atoms. The summed E-state index contributed by atoms with van der Waals surface area (Å²) in [6.07, 6.45) is 8.40. The van der Waals surface area contributed by atoms with Crippen molar-refractivity contribution >= 4 is 0 Å². The van der Waals surface area contributed by atoms with Crippen LogP contribution in [0.5, 0.6) is 0 Å². The number of hydrogen-bond donors (Lipinski definition) is 1. The molecule has 0 bridgehead atoms. The summed E-state index contributed by atoms with van der Waals surface area (Å²) in [5.74, 6) is 0.799. The molecule has 106 valence electrons. The lowest BCUT2D eigenvalue weighted by molar-refractivity contribution is 0.190. The molecule has 18 heavy (non-hydrogen) atoms. The summed E-state index contributed by atoms with van der Waals surface area (Å²) < 4.78 is 0. The molecule has 2 heteroatoms. The Kier molecular flexibility index (Phi) is 5.08. The standard InChI is InChI=1S/C16H32N2/c1-14(13-18-9-4-5-10-18)12-17-15-7-6-8-16(2,3)11-15/h14-15,17H,4-13H2,1-3H3. The van der Waals surface area contributed by atoms with Crippen LogP contribution in [0.2, 0.25) is 0 Å². The van der Waals surface area contributed by atoms with E-state index in [-0.39, 0.29) is 0 Å². The smallest absolute Gasteiger partial charge is 0.00722 e. The van der Waals surface area contributed by atoms with Gasteiger partial charge in [-0.25, -0.2) is 0 Å². The molecule has 0 amide bonds. The lowest BCUT2D eigenvalue weighted by Crippen LogP contribution is -2.41. The van der Waals surface area contributed by atoms with E-state index in [2.05, 4.69) is 31.0 Å². The molecule has 2 nitrogen and oxygen atoms in total. The Morgan fingerprint density at radius 2 is 1.94 bits per heavy atom. The highest BCUT2D eigenvalue weighted by Gasteiger charge is 2.27. The van der Waals surface area contributed by atoms with Crippen LogP contribution in [0.15, 0.2) is 0 Å². The minimum atomic E-state index is 0.564. The van der Waals surface area contributed by atoms with Gasteiger partial charge in [0.05, 0.1) is 0 Å². The third kappa shape index (κ3) is 4.55. The van der Waals surface area contributed by atoms with E-state index in [1.54, 1.807) is 0 Å². The summed E-state index contributed by atoms with van der Waals surface area (Å²) in [6.45, 7) is 12.4. The molecular formula is C16H32N2. The first kappa shape index (κ1) is 14.3. The number of hydrogen-bond acceptors (Lipinski definition) is 2. The predicted octanol–water partition coefficient (Wildman–Crippen LogP) is 3.28. The van der Waals surface area contributed by atoms with E-state index in [0.29, 0.717) is 5.41 Å². The van der Waals surface area contributed by atoms with Crippen molar-refractivity contribution in [2.24, 2.45) is 11.3 Å². The summed E-state index contributed by atoms with van der Waals surface area (Å²) in [5.41, 5.74) is 0.564. The second kappa shape index (κ2) is 6.38. The third-order valence-electron chi connectivity index (χ3n) is 4.73. The van der Waals surface area contributed by atoms with Gasteiger partial charge in [0.25, 0.3) is 0 Å². The van der Waals surface area contributed by atoms with Crippen LogP contribution >= 0.6 is 0 Å². The Balaban J connectivity index is 1.64. The topological polar surface area (TPSA) is 15.3 Å². The fourth-order valence-electron chi connectivity index (χ4n) is 3.71. The molecule has 0 radical (unpaired) electrons. The van der Waals surface area contributed by atoms with Crippen molar-refractivity contribution in [1.29, 1.82) is 0 Å². The summed E-state index contributed by atoms with van der Waals surface area (Å²) in [7, 11) is 0. The highest BCUT2D eigenvalue weighted by Crippen LogP contribution is 2.35. The molecule has 2 atom stereocenters. The van der Waals surface area contributed by atoms with Gasteiger partial charge in [0.1, 0.15) is 0 Å². The van der Waals surface area contributed by atoms with Gasteiger partial charge in [-0.2, -0.15) is 0 Å². The molecule has 1 aliphatic carbocycles. The molecule has 1 saturated carbocycles. The van der Waals surface area contributed by atoms with Crippen molar-refractivity contribution in [3.05, 3.63) is 0 Å². The first-order valence-electron chi connectivity index (χ1n) is 8.01. The van der Waals surface area contributed by atoms with Crippen LogP contribution in [0, 0.1) is 11.3 Å². The van der Waals surface area contributed by atoms with E-state index >= 15 is 0 Å². The normalized spacial score (nSPS) is 30.5. The van der Waals surface area contributed by atoms with Gasteiger partial charge in [-0.3, -0.25) is 0 Å². The highest BCUT2D eigenvalue weighted by molar-refractivity contribution is 4.84. The molecule has 0 aromatic carbocycles. The average Bonchev–Trinajstić information content (AvgIpc) is 2.78. The van der Waals surface area contributed by atoms with Crippen LogP contribution in [0.1, 0.15) is 59.3 Å². The quantitative estimate of drug-likeness (QED) is 0.808. The minimum Gasteiger partial charge on any atom is -0.314 e. The number of likely N-dealkylation sites (tertiary alicyclic amines) is 1. The number of nitrogens with one attached hydrogen (secondary N) is 1. The van der Waals surface area contributed by atoms with Crippen LogP contribution in [-0.4, -0.2) is 37.1 Å². The molecule has 0 aromatic rings. The van der Waals surface area contributed by atoms with E-state index < -0.39 is 0 Å². The molecular weight excluding hydrogens is 220 g/mol. The van der Waals surface area contributed by atoms with Crippen LogP contribution in [0.4, 0.5) is 0 Å². The Morgan fingerprint density at radius 3 is 2.61 bits per heavy atom. The second-order valence-corrected chi connectivity index (χ2v) is 7.48. The van der Waals surface area contributed by atoms with E-state index in [0.717, 1.165) is 12.0 Å². The summed E-state index contributed by atoms with van der Waals surface area (Å²) in [5, 5.41) is 3.82. The summed E-state index contributed by atoms with van der Waals surface area (Å²) in [4.78, 5) is 2.64. The molecule has 2 unspecified atom stereocenters. The van der Waals surface area contributed by atoms with E-state index in [1.807, 2.05) is 0 Å². The molecule has 1 aliphatic heterocycles. The zero-order valence-corrected chi connectivity index (χ0v) is 12.7. The van der Waals surface area contributed by atoms with Gasteiger partial charge in [0.2, 0.25) is 0 Å². The van der Waals surface area contributed by atoms with E-state index in [1.165, 1.54) is 64.7 Å². The zero-order chi connectivity index (χ0) is 13.0. The molecule has 1 saturated heterocycles. The van der Waals surface area contributed by atoms with Crippen molar-refractivity contribution in [2.45, 2.75) is 65.3 Å². The van der Waals surface area contributed by atoms with Gasteiger partial charge in [0, 0.05) is 12.6 Å². The Hall–Kier alpha value is -0.0800.